The molecule has 0 spiro atoms. The van der Waals surface area contributed by atoms with Crippen LogP contribution in [0.25, 0.3) is 46.4 Å². The summed E-state index contributed by atoms with van der Waals surface area (Å²) < 4.78 is 10.7. The van der Waals surface area contributed by atoms with Gasteiger partial charge < -0.3 is 19.4 Å². The number of nitrogens with one attached hydrogen (secondary N) is 2. The van der Waals surface area contributed by atoms with Crippen molar-refractivity contribution in [2.75, 3.05) is 13.2 Å². The number of hydrogen-bond donors (Lipinski definition) is 2. The molecule has 0 unspecified atom stereocenters. The number of aromatic nitrogens is 4. The maximum atomic E-state index is 12.4. The van der Waals surface area contributed by atoms with Crippen LogP contribution in [0.15, 0.2) is 72.8 Å². The molecule has 0 fully saturated rings. The van der Waals surface area contributed by atoms with Gasteiger partial charge in [-0.3, -0.25) is 0 Å². The summed E-state index contributed by atoms with van der Waals surface area (Å²) in [5, 5.41) is 0. The van der Waals surface area contributed by atoms with Crippen LogP contribution in [0, 0.1) is 0 Å². The van der Waals surface area contributed by atoms with Gasteiger partial charge in [0.25, 0.3) is 0 Å². The van der Waals surface area contributed by atoms with Gasteiger partial charge in [0.2, 0.25) is 0 Å². The molecule has 4 aromatic rings. The van der Waals surface area contributed by atoms with E-state index in [0.29, 0.717) is 24.3 Å². The van der Waals surface area contributed by atoms with Crippen LogP contribution in [0.2, 0.25) is 0 Å². The van der Waals surface area contributed by atoms with E-state index in [-0.39, 0.29) is 0 Å². The van der Waals surface area contributed by atoms with Crippen LogP contribution in [0.3, 0.4) is 0 Å². The fourth-order valence-corrected chi connectivity index (χ4v) is 6.03. The summed E-state index contributed by atoms with van der Waals surface area (Å²) in [7, 11) is 0. The number of rotatable bonds is 16. The van der Waals surface area contributed by atoms with Crippen LogP contribution in [0.5, 0.6) is 0 Å². The molecule has 8 nitrogen and oxygen atoms in total. The summed E-state index contributed by atoms with van der Waals surface area (Å²) in [4.78, 5) is 40.7. The van der Waals surface area contributed by atoms with Crippen LogP contribution in [-0.4, -0.2) is 45.1 Å². The maximum Gasteiger partial charge on any atom is 0.339 e. The van der Waals surface area contributed by atoms with E-state index in [9.17, 15) is 9.59 Å². The van der Waals surface area contributed by atoms with Crippen molar-refractivity contribution in [3.05, 3.63) is 107 Å². The summed E-state index contributed by atoms with van der Waals surface area (Å²) >= 11 is 0. The molecular formula is C44H52N4O4. The Morgan fingerprint density at radius 1 is 0.481 bits per heavy atom. The van der Waals surface area contributed by atoms with Crippen molar-refractivity contribution in [2.24, 2.45) is 0 Å². The topological polar surface area (TPSA) is 110 Å². The van der Waals surface area contributed by atoms with Crippen LogP contribution in [0.1, 0.15) is 134 Å². The Hall–Kier alpha value is -5.24. The predicted octanol–water partition coefficient (Wildman–Crippen LogP) is 11.4. The van der Waals surface area contributed by atoms with Crippen molar-refractivity contribution in [1.82, 2.24) is 19.9 Å². The zero-order valence-corrected chi connectivity index (χ0v) is 30.7. The smallest absolute Gasteiger partial charge is 0.339 e. The first-order chi connectivity index (χ1) is 25.5. The number of esters is 2. The third kappa shape index (κ3) is 12.2. The number of H-pyrrole nitrogens is 2. The first-order valence-electron chi connectivity index (χ1n) is 19.0. The molecule has 52 heavy (non-hydrogen) atoms. The van der Waals surface area contributed by atoms with Gasteiger partial charge in [-0.05, 0) is 97.8 Å². The van der Waals surface area contributed by atoms with Crippen molar-refractivity contribution in [1.29, 1.82) is 0 Å². The van der Waals surface area contributed by atoms with E-state index in [2.05, 4.69) is 64.1 Å². The molecule has 2 N–H and O–H groups in total. The van der Waals surface area contributed by atoms with Gasteiger partial charge in [0.1, 0.15) is 0 Å². The molecule has 2 aliphatic rings. The van der Waals surface area contributed by atoms with Crippen molar-refractivity contribution in [3.63, 3.8) is 0 Å². The Kier molecular flexibility index (Phi) is 15.0. The van der Waals surface area contributed by atoms with Gasteiger partial charge in [-0.1, -0.05) is 90.2 Å². The maximum absolute atomic E-state index is 12.4. The quantitative estimate of drug-likeness (QED) is 0.0768. The van der Waals surface area contributed by atoms with Gasteiger partial charge in [-0.25, -0.2) is 19.6 Å². The highest BCUT2D eigenvalue weighted by atomic mass is 16.5. The van der Waals surface area contributed by atoms with Crippen LogP contribution >= 0.6 is 0 Å². The molecule has 1 aromatic carbocycles. The third-order valence-corrected chi connectivity index (χ3v) is 8.87. The zero-order chi connectivity index (χ0) is 36.4. The fourth-order valence-electron chi connectivity index (χ4n) is 6.03. The highest BCUT2D eigenvalue weighted by Crippen LogP contribution is 2.18. The van der Waals surface area contributed by atoms with Gasteiger partial charge in [-0.15, -0.1) is 0 Å². The third-order valence-electron chi connectivity index (χ3n) is 8.87. The molecule has 0 amide bonds. The van der Waals surface area contributed by atoms with Crippen molar-refractivity contribution in [2.45, 2.75) is 90.9 Å². The standard InChI is InChI=1S/C24H38O4.C20H14N4/c1-3-5-7-9-11-15-19-27-23(25)21-17-13-14-18-22(21)24(26)28-20-16-12-10-8-6-4-2;1-2-14-10-16-5-6-18(23-16)12-20-8-7-19(24-20)11-17-4-3-15(22-17)9-13(1)21-14/h13-14,17-18H,3-12,15-16,19-20H2,1-2H3;1-12,21-22H. The van der Waals surface area contributed by atoms with Crippen LogP contribution in [0.4, 0.5) is 0 Å². The van der Waals surface area contributed by atoms with Crippen molar-refractivity contribution >= 4 is 58.3 Å². The predicted molar refractivity (Wildman–Crippen MR) is 213 cm³/mol. The van der Waals surface area contributed by atoms with Crippen molar-refractivity contribution in [3.8, 4) is 0 Å². The monoisotopic (exact) mass is 700 g/mol. The molecule has 5 heterocycles. The summed E-state index contributed by atoms with van der Waals surface area (Å²) in [6, 6.07) is 23.1. The molecule has 8 bridgehead atoms. The molecule has 2 aliphatic heterocycles. The molecule has 0 saturated carbocycles. The van der Waals surface area contributed by atoms with Gasteiger partial charge in [0, 0.05) is 22.1 Å². The first kappa shape index (κ1) is 38.0. The molecule has 272 valence electrons. The number of unbranched alkanes of at least 4 members (excludes halogenated alkanes) is 10. The van der Waals surface area contributed by atoms with Crippen LogP contribution < -0.4 is 0 Å². The number of fused-ring (bicyclic) bond motifs is 8. The molecule has 0 atom stereocenters. The molecular weight excluding hydrogens is 649 g/mol. The van der Waals surface area contributed by atoms with Gasteiger partial charge in [0.15, 0.2) is 0 Å². The Morgan fingerprint density at radius 3 is 1.27 bits per heavy atom. The Balaban J connectivity index is 0.000000202. The molecule has 0 radical (unpaired) electrons. The molecule has 3 aromatic heterocycles. The highest BCUT2D eigenvalue weighted by molar-refractivity contribution is 6.03. The van der Waals surface area contributed by atoms with E-state index in [1.54, 1.807) is 24.3 Å². The normalized spacial score (nSPS) is 11.6. The summed E-state index contributed by atoms with van der Waals surface area (Å²) in [5.74, 6) is -0.888. The number of aromatic amines is 2. The van der Waals surface area contributed by atoms with E-state index >= 15 is 0 Å². The molecule has 0 aliphatic carbocycles. The lowest BCUT2D eigenvalue weighted by atomic mass is 10.1. The van der Waals surface area contributed by atoms with Crippen molar-refractivity contribution < 1.29 is 19.1 Å². The second kappa shape index (κ2) is 20.6. The summed E-state index contributed by atoms with van der Waals surface area (Å²) in [5.41, 5.74) is 8.45. The second-order valence-electron chi connectivity index (χ2n) is 13.3. The summed E-state index contributed by atoms with van der Waals surface area (Å²) in [6.45, 7) is 5.17. The minimum absolute atomic E-state index is 0.293. The number of carbonyl (C=O) groups excluding carboxylic acids is 2. The van der Waals surface area contributed by atoms with Gasteiger partial charge in [0.05, 0.1) is 47.1 Å². The fraction of sp³-hybridized carbons (Fsp3) is 0.364. The SMILES string of the molecule is C1=Cc2cc3ccc(cc4ccc(cc5nc(cc1n2)C=C5)[nH]4)[nH]3.CCCCCCCCOC(=O)c1ccccc1C(=O)OCCCCCCCC. The largest absolute Gasteiger partial charge is 0.462 e. The lowest BCUT2D eigenvalue weighted by Crippen LogP contribution is -2.15. The van der Waals surface area contributed by atoms with E-state index in [4.69, 9.17) is 9.47 Å². The molecule has 0 saturated heterocycles. The van der Waals surface area contributed by atoms with E-state index in [1.165, 1.54) is 51.4 Å². The molecule has 8 heteroatoms. The second-order valence-corrected chi connectivity index (χ2v) is 13.3. The van der Waals surface area contributed by atoms with E-state index in [0.717, 1.165) is 70.5 Å². The van der Waals surface area contributed by atoms with Crippen LogP contribution in [-0.2, 0) is 9.47 Å². The summed E-state index contributed by atoms with van der Waals surface area (Å²) in [6.07, 6.45) is 21.7. The van der Waals surface area contributed by atoms with Gasteiger partial charge in [-0.2, -0.15) is 0 Å². The Morgan fingerprint density at radius 2 is 0.846 bits per heavy atom. The Labute approximate surface area is 307 Å². The lowest BCUT2D eigenvalue weighted by molar-refractivity contribution is 0.0450. The van der Waals surface area contributed by atoms with Gasteiger partial charge >= 0.3 is 11.9 Å². The number of carbonyl (C=O) groups is 2. The lowest BCUT2D eigenvalue weighted by Gasteiger charge is -2.10. The van der Waals surface area contributed by atoms with E-state index < -0.39 is 11.9 Å². The van der Waals surface area contributed by atoms with E-state index in [1.807, 2.05) is 42.5 Å². The minimum atomic E-state index is -0.444. The number of hydrogen-bond acceptors (Lipinski definition) is 6. The zero-order valence-electron chi connectivity index (χ0n) is 30.7. The number of benzene rings is 1. The minimum Gasteiger partial charge on any atom is -0.462 e. The average Bonchev–Trinajstić information content (AvgIpc) is 3.98. The highest BCUT2D eigenvalue weighted by Gasteiger charge is 2.18. The average molecular weight is 701 g/mol. The number of nitrogens with zero attached hydrogens (tertiary/aromatic N) is 2. The molecule has 6 rings (SSSR count). The Bertz CT molecular complexity index is 1850. The number of ether oxygens (including phenoxy) is 2. The first-order valence-corrected chi connectivity index (χ1v) is 19.0.